The number of benzene rings is 3. The highest BCUT2D eigenvalue weighted by Crippen LogP contribution is 2.46. The van der Waals surface area contributed by atoms with Gasteiger partial charge in [0.2, 0.25) is 0 Å². The summed E-state index contributed by atoms with van der Waals surface area (Å²) in [4.78, 5) is 2.48. The van der Waals surface area contributed by atoms with Gasteiger partial charge in [0.15, 0.2) is 0 Å². The van der Waals surface area contributed by atoms with Crippen molar-refractivity contribution in [1.29, 1.82) is 0 Å². The lowest BCUT2D eigenvalue weighted by molar-refractivity contribution is 0.337. The molecule has 3 unspecified atom stereocenters. The van der Waals surface area contributed by atoms with Gasteiger partial charge in [0, 0.05) is 30.3 Å². The molecule has 0 aliphatic carbocycles. The fourth-order valence-corrected chi connectivity index (χ4v) is 4.96. The number of ether oxygens (including phenoxy) is 2. The number of rotatable bonds is 6. The minimum Gasteiger partial charge on any atom is -0.496 e. The van der Waals surface area contributed by atoms with E-state index >= 15 is 0 Å². The molecule has 0 bridgehead atoms. The first-order valence-corrected chi connectivity index (χ1v) is 11.0. The second kappa shape index (κ2) is 8.61. The monoisotopic (exact) mass is 415 g/mol. The van der Waals surface area contributed by atoms with E-state index in [0.29, 0.717) is 12.5 Å². The molecule has 0 aromatic heterocycles. The summed E-state index contributed by atoms with van der Waals surface area (Å²) in [6.07, 6.45) is 0. The maximum atomic E-state index is 5.84. The van der Waals surface area contributed by atoms with Crippen molar-refractivity contribution in [3.63, 3.8) is 0 Å². The van der Waals surface area contributed by atoms with Crippen molar-refractivity contribution in [1.82, 2.24) is 10.9 Å². The van der Waals surface area contributed by atoms with Gasteiger partial charge in [-0.1, -0.05) is 48.5 Å². The number of fused-ring (bicyclic) bond motifs is 3. The third-order valence-electron chi connectivity index (χ3n) is 6.38. The Kier molecular flexibility index (Phi) is 5.53. The molecule has 0 radical (unpaired) electrons. The van der Waals surface area contributed by atoms with E-state index in [-0.39, 0.29) is 12.1 Å². The minimum atomic E-state index is 0.231. The number of hydrazine groups is 1. The summed E-state index contributed by atoms with van der Waals surface area (Å²) in [7, 11) is 1.74. The summed E-state index contributed by atoms with van der Waals surface area (Å²) in [6.45, 7) is 4.44. The lowest BCUT2D eigenvalue weighted by Gasteiger charge is -2.39. The van der Waals surface area contributed by atoms with Crippen molar-refractivity contribution in [3.05, 3.63) is 89.5 Å². The first kappa shape index (κ1) is 19.9. The van der Waals surface area contributed by atoms with Gasteiger partial charge >= 0.3 is 0 Å². The Balaban J connectivity index is 1.53. The molecule has 5 nitrogen and oxygen atoms in total. The van der Waals surface area contributed by atoms with Crippen LogP contribution in [0.2, 0.25) is 0 Å². The summed E-state index contributed by atoms with van der Waals surface area (Å²) >= 11 is 0. The van der Waals surface area contributed by atoms with Gasteiger partial charge in [-0.15, -0.1) is 0 Å². The lowest BCUT2D eigenvalue weighted by Crippen LogP contribution is -2.39. The largest absolute Gasteiger partial charge is 0.496 e. The fraction of sp³-hybridized carbons (Fsp3) is 0.308. The van der Waals surface area contributed by atoms with E-state index < -0.39 is 0 Å². The molecular weight excluding hydrogens is 386 g/mol. The topological polar surface area (TPSA) is 45.8 Å². The quantitative estimate of drug-likeness (QED) is 0.615. The van der Waals surface area contributed by atoms with Crippen LogP contribution >= 0.6 is 0 Å². The van der Waals surface area contributed by atoms with Crippen LogP contribution in [-0.4, -0.2) is 20.3 Å². The Morgan fingerprint density at radius 2 is 1.71 bits per heavy atom. The molecule has 2 aliphatic rings. The molecule has 2 aliphatic heterocycles. The number of anilines is 1. The van der Waals surface area contributed by atoms with Crippen LogP contribution in [0, 0.1) is 5.92 Å². The Labute approximate surface area is 184 Å². The molecule has 1 saturated heterocycles. The number of nitrogens with one attached hydrogen (secondary N) is 2. The number of hydrogen-bond donors (Lipinski definition) is 2. The molecule has 0 amide bonds. The SMILES string of the molecule is CCOc1ccc2c(c1)C1NNC(c3ccccc3)C1CN2Cc1ccccc1OC. The average Bonchev–Trinajstić information content (AvgIpc) is 3.24. The van der Waals surface area contributed by atoms with E-state index in [9.17, 15) is 0 Å². The molecular formula is C26H29N3O2. The summed E-state index contributed by atoms with van der Waals surface area (Å²) in [6, 6.07) is 25.9. The van der Waals surface area contributed by atoms with Crippen LogP contribution in [0.1, 0.15) is 35.7 Å². The van der Waals surface area contributed by atoms with Crippen molar-refractivity contribution in [3.8, 4) is 11.5 Å². The van der Waals surface area contributed by atoms with Crippen molar-refractivity contribution in [2.75, 3.05) is 25.2 Å². The normalized spacial score (nSPS) is 22.0. The fourth-order valence-electron chi connectivity index (χ4n) is 4.96. The van der Waals surface area contributed by atoms with E-state index in [1.165, 1.54) is 22.4 Å². The van der Waals surface area contributed by atoms with Gasteiger partial charge in [-0.3, -0.25) is 0 Å². The number of methoxy groups -OCH3 is 1. The standard InChI is InChI=1S/C26H29N3O2/c1-3-31-20-13-14-23-21(15-20)26-22(25(27-28-26)18-9-5-4-6-10-18)17-29(23)16-19-11-7-8-12-24(19)30-2/h4-15,22,25-28H,3,16-17H2,1-2H3. The molecule has 2 N–H and O–H groups in total. The van der Waals surface area contributed by atoms with Crippen LogP contribution < -0.4 is 25.2 Å². The molecule has 5 rings (SSSR count). The van der Waals surface area contributed by atoms with Crippen LogP contribution in [0.15, 0.2) is 72.8 Å². The Morgan fingerprint density at radius 1 is 0.935 bits per heavy atom. The van der Waals surface area contributed by atoms with Crippen molar-refractivity contribution in [2.24, 2.45) is 5.92 Å². The molecule has 3 atom stereocenters. The second-order valence-electron chi connectivity index (χ2n) is 8.16. The highest BCUT2D eigenvalue weighted by Gasteiger charge is 2.43. The summed E-state index contributed by atoms with van der Waals surface area (Å²) < 4.78 is 11.5. The Hall–Kier alpha value is -3.02. The van der Waals surface area contributed by atoms with Gasteiger partial charge in [0.1, 0.15) is 11.5 Å². The van der Waals surface area contributed by atoms with Crippen molar-refractivity contribution < 1.29 is 9.47 Å². The van der Waals surface area contributed by atoms with Crippen LogP contribution in [0.5, 0.6) is 11.5 Å². The highest BCUT2D eigenvalue weighted by molar-refractivity contribution is 5.61. The van der Waals surface area contributed by atoms with Crippen molar-refractivity contribution in [2.45, 2.75) is 25.6 Å². The zero-order valence-corrected chi connectivity index (χ0v) is 18.0. The maximum absolute atomic E-state index is 5.84. The smallest absolute Gasteiger partial charge is 0.123 e. The molecule has 5 heteroatoms. The predicted molar refractivity (Wildman–Crippen MR) is 123 cm³/mol. The van der Waals surface area contributed by atoms with E-state index in [1.54, 1.807) is 7.11 Å². The second-order valence-corrected chi connectivity index (χ2v) is 8.16. The molecule has 3 aromatic rings. The van der Waals surface area contributed by atoms with Gasteiger partial charge in [-0.2, -0.15) is 0 Å². The average molecular weight is 416 g/mol. The molecule has 1 fully saturated rings. The first-order chi connectivity index (χ1) is 15.3. The van der Waals surface area contributed by atoms with Crippen LogP contribution in [0.3, 0.4) is 0 Å². The molecule has 3 aromatic carbocycles. The summed E-state index contributed by atoms with van der Waals surface area (Å²) in [5.74, 6) is 2.24. The first-order valence-electron chi connectivity index (χ1n) is 11.0. The number of para-hydroxylation sites is 1. The van der Waals surface area contributed by atoms with Crippen LogP contribution in [-0.2, 0) is 6.54 Å². The third kappa shape index (κ3) is 3.75. The third-order valence-corrected chi connectivity index (χ3v) is 6.38. The highest BCUT2D eigenvalue weighted by atomic mass is 16.5. The van der Waals surface area contributed by atoms with Gasteiger partial charge < -0.3 is 14.4 Å². The molecule has 0 spiro atoms. The molecule has 31 heavy (non-hydrogen) atoms. The van der Waals surface area contributed by atoms with Gasteiger partial charge in [0.25, 0.3) is 0 Å². The van der Waals surface area contributed by atoms with Gasteiger partial charge in [-0.25, -0.2) is 10.9 Å². The number of hydrogen-bond acceptors (Lipinski definition) is 5. The van der Waals surface area contributed by atoms with E-state index in [0.717, 1.165) is 24.6 Å². The van der Waals surface area contributed by atoms with E-state index in [2.05, 4.69) is 76.4 Å². The van der Waals surface area contributed by atoms with E-state index in [1.807, 2.05) is 19.1 Å². The maximum Gasteiger partial charge on any atom is 0.123 e. The van der Waals surface area contributed by atoms with Gasteiger partial charge in [-0.05, 0) is 42.3 Å². The summed E-state index contributed by atoms with van der Waals surface area (Å²) in [5, 5.41) is 0. The van der Waals surface area contributed by atoms with E-state index in [4.69, 9.17) is 9.47 Å². The zero-order valence-electron chi connectivity index (χ0n) is 18.0. The van der Waals surface area contributed by atoms with Crippen LogP contribution in [0.25, 0.3) is 0 Å². The molecule has 160 valence electrons. The lowest BCUT2D eigenvalue weighted by atomic mass is 9.82. The zero-order chi connectivity index (χ0) is 21.2. The Bertz CT molecular complexity index is 1040. The van der Waals surface area contributed by atoms with Crippen LogP contribution in [0.4, 0.5) is 5.69 Å². The minimum absolute atomic E-state index is 0.231. The Morgan fingerprint density at radius 3 is 2.52 bits per heavy atom. The van der Waals surface area contributed by atoms with Gasteiger partial charge in [0.05, 0.1) is 25.8 Å². The predicted octanol–water partition coefficient (Wildman–Crippen LogP) is 4.62. The molecule has 0 saturated carbocycles. The number of nitrogens with zero attached hydrogens (tertiary/aromatic N) is 1. The van der Waals surface area contributed by atoms with Crippen molar-refractivity contribution >= 4 is 5.69 Å². The molecule has 2 heterocycles. The summed E-state index contributed by atoms with van der Waals surface area (Å²) in [5.41, 5.74) is 12.2.